The van der Waals surface area contributed by atoms with Gasteiger partial charge in [0.15, 0.2) is 0 Å². The lowest BCUT2D eigenvalue weighted by atomic mass is 9.96. The number of benzene rings is 1. The second-order valence-corrected chi connectivity index (χ2v) is 7.64. The van der Waals surface area contributed by atoms with Crippen LogP contribution in [0.15, 0.2) is 29.2 Å². The van der Waals surface area contributed by atoms with E-state index in [-0.39, 0.29) is 18.4 Å². The normalized spacial score (nSPS) is 22.9. The highest BCUT2D eigenvalue weighted by Crippen LogP contribution is 2.19. The number of rotatable bonds is 4. The SMILES string of the molecule is CC(C)c1ccc(S(=O)(=O)NC2CNCCC2C)cc1.Cl. The number of hydrogen-bond donors (Lipinski definition) is 2. The van der Waals surface area contributed by atoms with Crippen LogP contribution in [0.4, 0.5) is 0 Å². The van der Waals surface area contributed by atoms with Gasteiger partial charge in [-0.25, -0.2) is 13.1 Å². The van der Waals surface area contributed by atoms with Gasteiger partial charge >= 0.3 is 0 Å². The molecule has 4 nitrogen and oxygen atoms in total. The molecule has 1 saturated heterocycles. The minimum Gasteiger partial charge on any atom is -0.315 e. The standard InChI is InChI=1S/C15H24N2O2S.ClH/c1-11(2)13-4-6-14(7-5-13)20(18,19)17-15-10-16-9-8-12(15)3;/h4-7,11-12,15-17H,8-10H2,1-3H3;1H. The summed E-state index contributed by atoms with van der Waals surface area (Å²) in [5.41, 5.74) is 1.15. The Balaban J connectivity index is 0.00000220. The average Bonchev–Trinajstić information content (AvgIpc) is 2.41. The fourth-order valence-electron chi connectivity index (χ4n) is 2.45. The molecule has 1 aromatic carbocycles. The molecule has 0 spiro atoms. The van der Waals surface area contributed by atoms with Gasteiger partial charge in [0.2, 0.25) is 10.0 Å². The molecule has 1 aromatic rings. The topological polar surface area (TPSA) is 58.2 Å². The van der Waals surface area contributed by atoms with Crippen LogP contribution in [-0.4, -0.2) is 27.5 Å². The van der Waals surface area contributed by atoms with Crippen LogP contribution in [0.2, 0.25) is 0 Å². The molecule has 120 valence electrons. The van der Waals surface area contributed by atoms with E-state index in [0.717, 1.165) is 18.5 Å². The number of piperidine rings is 1. The molecule has 0 bridgehead atoms. The zero-order valence-corrected chi connectivity index (χ0v) is 14.4. The van der Waals surface area contributed by atoms with E-state index >= 15 is 0 Å². The van der Waals surface area contributed by atoms with Gasteiger partial charge in [-0.05, 0) is 42.5 Å². The molecule has 2 rings (SSSR count). The van der Waals surface area contributed by atoms with Crippen molar-refractivity contribution in [2.24, 2.45) is 5.92 Å². The van der Waals surface area contributed by atoms with Crippen molar-refractivity contribution in [3.8, 4) is 0 Å². The van der Waals surface area contributed by atoms with Crippen molar-refractivity contribution in [3.05, 3.63) is 29.8 Å². The quantitative estimate of drug-likeness (QED) is 0.890. The maximum atomic E-state index is 12.4. The smallest absolute Gasteiger partial charge is 0.240 e. The van der Waals surface area contributed by atoms with Crippen LogP contribution in [0, 0.1) is 5.92 Å². The summed E-state index contributed by atoms with van der Waals surface area (Å²) in [6, 6.07) is 7.14. The number of halogens is 1. The maximum Gasteiger partial charge on any atom is 0.240 e. The Morgan fingerprint density at radius 1 is 1.24 bits per heavy atom. The second kappa shape index (κ2) is 7.58. The van der Waals surface area contributed by atoms with Crippen LogP contribution in [0.5, 0.6) is 0 Å². The van der Waals surface area contributed by atoms with Crippen molar-refractivity contribution in [2.75, 3.05) is 13.1 Å². The predicted octanol–water partition coefficient (Wildman–Crippen LogP) is 2.51. The molecule has 1 heterocycles. The molecule has 1 fully saturated rings. The summed E-state index contributed by atoms with van der Waals surface area (Å²) >= 11 is 0. The summed E-state index contributed by atoms with van der Waals surface area (Å²) < 4.78 is 27.6. The Bertz CT molecular complexity index is 543. The summed E-state index contributed by atoms with van der Waals surface area (Å²) in [6.45, 7) is 7.94. The number of nitrogens with one attached hydrogen (secondary N) is 2. The van der Waals surface area contributed by atoms with Crippen LogP contribution in [-0.2, 0) is 10.0 Å². The largest absolute Gasteiger partial charge is 0.315 e. The van der Waals surface area contributed by atoms with Gasteiger partial charge < -0.3 is 5.32 Å². The van der Waals surface area contributed by atoms with Crippen molar-refractivity contribution in [2.45, 2.75) is 44.0 Å². The van der Waals surface area contributed by atoms with E-state index in [2.05, 4.69) is 30.8 Å². The lowest BCUT2D eigenvalue weighted by Gasteiger charge is -2.30. The molecule has 0 saturated carbocycles. The van der Waals surface area contributed by atoms with Crippen molar-refractivity contribution in [1.82, 2.24) is 10.0 Å². The summed E-state index contributed by atoms with van der Waals surface area (Å²) in [6.07, 6.45) is 0.999. The van der Waals surface area contributed by atoms with Crippen molar-refractivity contribution in [3.63, 3.8) is 0 Å². The van der Waals surface area contributed by atoms with E-state index < -0.39 is 10.0 Å². The first-order valence-electron chi connectivity index (χ1n) is 7.23. The van der Waals surface area contributed by atoms with Gasteiger partial charge in [-0.1, -0.05) is 32.9 Å². The minimum absolute atomic E-state index is 0. The summed E-state index contributed by atoms with van der Waals surface area (Å²) in [5.74, 6) is 0.767. The predicted molar refractivity (Wildman–Crippen MR) is 88.5 cm³/mol. The zero-order chi connectivity index (χ0) is 14.8. The summed E-state index contributed by atoms with van der Waals surface area (Å²) in [5, 5.41) is 3.24. The van der Waals surface area contributed by atoms with Crippen LogP contribution < -0.4 is 10.0 Å². The molecule has 2 N–H and O–H groups in total. The molecular weight excluding hydrogens is 308 g/mol. The van der Waals surface area contributed by atoms with E-state index in [4.69, 9.17) is 0 Å². The first-order chi connectivity index (χ1) is 9.40. The van der Waals surface area contributed by atoms with Crippen molar-refractivity contribution < 1.29 is 8.42 Å². The average molecular weight is 333 g/mol. The van der Waals surface area contributed by atoms with Gasteiger partial charge in [0.1, 0.15) is 0 Å². The third-order valence-electron chi connectivity index (χ3n) is 3.99. The van der Waals surface area contributed by atoms with E-state index in [1.807, 2.05) is 12.1 Å². The Labute approximate surface area is 134 Å². The van der Waals surface area contributed by atoms with Crippen molar-refractivity contribution in [1.29, 1.82) is 0 Å². The van der Waals surface area contributed by atoms with E-state index in [1.165, 1.54) is 0 Å². The number of hydrogen-bond acceptors (Lipinski definition) is 3. The zero-order valence-electron chi connectivity index (χ0n) is 12.8. The molecule has 1 aliphatic rings. The van der Waals surface area contributed by atoms with E-state index in [9.17, 15) is 8.42 Å². The van der Waals surface area contributed by atoms with Crippen molar-refractivity contribution >= 4 is 22.4 Å². The van der Waals surface area contributed by atoms with Gasteiger partial charge in [-0.15, -0.1) is 12.4 Å². The van der Waals surface area contributed by atoms with E-state index in [0.29, 0.717) is 23.3 Å². The summed E-state index contributed by atoms with van der Waals surface area (Å²) in [4.78, 5) is 0.347. The maximum absolute atomic E-state index is 12.4. The molecule has 0 radical (unpaired) electrons. The first kappa shape index (κ1) is 18.4. The monoisotopic (exact) mass is 332 g/mol. The Morgan fingerprint density at radius 3 is 2.38 bits per heavy atom. The van der Waals surface area contributed by atoms with E-state index in [1.54, 1.807) is 12.1 Å². The minimum atomic E-state index is -3.43. The Kier molecular flexibility index (Phi) is 6.66. The van der Waals surface area contributed by atoms with Crippen LogP contribution in [0.3, 0.4) is 0 Å². The molecule has 0 amide bonds. The fraction of sp³-hybridized carbons (Fsp3) is 0.600. The van der Waals surface area contributed by atoms with Gasteiger partial charge in [0.05, 0.1) is 4.90 Å². The first-order valence-corrected chi connectivity index (χ1v) is 8.71. The van der Waals surface area contributed by atoms with Gasteiger partial charge in [-0.2, -0.15) is 0 Å². The highest BCUT2D eigenvalue weighted by Gasteiger charge is 2.26. The summed E-state index contributed by atoms with van der Waals surface area (Å²) in [7, 11) is -3.43. The lowest BCUT2D eigenvalue weighted by Crippen LogP contribution is -2.50. The highest BCUT2D eigenvalue weighted by atomic mass is 35.5. The van der Waals surface area contributed by atoms with Crippen LogP contribution in [0.1, 0.15) is 38.7 Å². The van der Waals surface area contributed by atoms with Gasteiger partial charge in [0, 0.05) is 12.6 Å². The molecule has 0 aromatic heterocycles. The fourth-order valence-corrected chi connectivity index (χ4v) is 3.79. The van der Waals surface area contributed by atoms with Crippen LogP contribution >= 0.6 is 12.4 Å². The third-order valence-corrected chi connectivity index (χ3v) is 5.50. The van der Waals surface area contributed by atoms with Gasteiger partial charge in [0.25, 0.3) is 0 Å². The highest BCUT2D eigenvalue weighted by molar-refractivity contribution is 7.89. The molecule has 6 heteroatoms. The molecule has 0 aliphatic carbocycles. The lowest BCUT2D eigenvalue weighted by molar-refractivity contribution is 0.327. The molecule has 2 unspecified atom stereocenters. The second-order valence-electron chi connectivity index (χ2n) is 5.92. The number of sulfonamides is 1. The third kappa shape index (κ3) is 4.68. The van der Waals surface area contributed by atoms with Gasteiger partial charge in [-0.3, -0.25) is 0 Å². The Morgan fingerprint density at radius 2 is 1.86 bits per heavy atom. The van der Waals surface area contributed by atoms with Crippen LogP contribution in [0.25, 0.3) is 0 Å². The molecular formula is C15H25ClN2O2S. The Hall–Kier alpha value is -0.620. The molecule has 21 heavy (non-hydrogen) atoms. The molecule has 2 atom stereocenters. The molecule has 1 aliphatic heterocycles.